The average molecular weight is 475 g/mol. The number of aliphatic hydroxyl groups is 1. The van der Waals surface area contributed by atoms with Gasteiger partial charge in [0.05, 0.1) is 30.3 Å². The van der Waals surface area contributed by atoms with Crippen LogP contribution in [0.25, 0.3) is 0 Å². The molecule has 3 N–H and O–H groups in total. The van der Waals surface area contributed by atoms with Gasteiger partial charge in [-0.05, 0) is 44.0 Å². The van der Waals surface area contributed by atoms with Crippen LogP contribution in [0.1, 0.15) is 29.8 Å². The van der Waals surface area contributed by atoms with Crippen LogP contribution in [-0.4, -0.2) is 61.4 Å². The van der Waals surface area contributed by atoms with Gasteiger partial charge in [0.15, 0.2) is 18.1 Å². The molecule has 2 aromatic carbocycles. The summed E-state index contributed by atoms with van der Waals surface area (Å²) in [5.74, 6) is -0.130. The first-order chi connectivity index (χ1) is 16.4. The highest BCUT2D eigenvalue weighted by Crippen LogP contribution is 2.28. The van der Waals surface area contributed by atoms with Gasteiger partial charge in [0.1, 0.15) is 0 Å². The number of nitro benzene ring substituents is 1. The molecule has 0 spiro atoms. The first-order valence-electron chi connectivity index (χ1n) is 10.8. The number of nitro groups is 1. The molecule has 0 heterocycles. The van der Waals surface area contributed by atoms with Gasteiger partial charge in [0.2, 0.25) is 0 Å². The molecule has 0 bridgehead atoms. The summed E-state index contributed by atoms with van der Waals surface area (Å²) in [5.41, 5.74) is 0.784. The highest BCUT2D eigenvalue weighted by atomic mass is 16.6. The molecular formula is C23H29N3O8. The summed E-state index contributed by atoms with van der Waals surface area (Å²) in [7, 11) is 0. The standard InChI is InChI=1S/C23H29N3O8/c1-3-32-20-8-5-16(13-21(20)33-4-2)9-10-25-22(28)15-34-23(29)18-14-17(26(30)31)6-7-19(18)24-11-12-27/h5-8,13-14,24,27H,3-4,9-12,15H2,1-2H3,(H,25,28). The Balaban J connectivity index is 1.91. The van der Waals surface area contributed by atoms with Crippen molar-refractivity contribution in [1.82, 2.24) is 5.32 Å². The third kappa shape index (κ3) is 7.93. The van der Waals surface area contributed by atoms with E-state index in [2.05, 4.69) is 10.6 Å². The predicted octanol–water partition coefficient (Wildman–Crippen LogP) is 2.31. The van der Waals surface area contributed by atoms with Crippen molar-refractivity contribution < 1.29 is 33.8 Å². The van der Waals surface area contributed by atoms with Crippen LogP contribution in [0.4, 0.5) is 11.4 Å². The number of non-ortho nitro benzene ring substituents is 1. The molecule has 2 aromatic rings. The number of carbonyl (C=O) groups excluding carboxylic acids is 2. The van der Waals surface area contributed by atoms with Crippen molar-refractivity contribution in [2.24, 2.45) is 0 Å². The Morgan fingerprint density at radius 1 is 1.03 bits per heavy atom. The quantitative estimate of drug-likeness (QED) is 0.212. The highest BCUT2D eigenvalue weighted by Gasteiger charge is 2.19. The van der Waals surface area contributed by atoms with Gasteiger partial charge in [0, 0.05) is 30.9 Å². The molecule has 0 aromatic heterocycles. The number of benzene rings is 2. The molecule has 184 valence electrons. The zero-order valence-corrected chi connectivity index (χ0v) is 19.2. The summed E-state index contributed by atoms with van der Waals surface area (Å²) in [6.45, 7) is 4.46. The van der Waals surface area contributed by atoms with E-state index in [9.17, 15) is 19.7 Å². The number of nitrogens with one attached hydrogen (secondary N) is 2. The molecule has 0 aliphatic rings. The van der Waals surface area contributed by atoms with Crippen molar-refractivity contribution in [1.29, 1.82) is 0 Å². The second-order valence-electron chi connectivity index (χ2n) is 6.96. The summed E-state index contributed by atoms with van der Waals surface area (Å²) in [6.07, 6.45) is 0.520. The summed E-state index contributed by atoms with van der Waals surface area (Å²) in [5, 5.41) is 25.4. The van der Waals surface area contributed by atoms with Crippen molar-refractivity contribution in [3.05, 3.63) is 57.6 Å². The SMILES string of the molecule is CCOc1ccc(CCNC(=O)COC(=O)c2cc([N+](=O)[O-])ccc2NCCO)cc1OCC. The number of hydrogen-bond acceptors (Lipinski definition) is 9. The van der Waals surface area contributed by atoms with Gasteiger partial charge in [-0.25, -0.2) is 4.79 Å². The molecule has 11 nitrogen and oxygen atoms in total. The Morgan fingerprint density at radius 3 is 2.44 bits per heavy atom. The number of nitrogens with zero attached hydrogens (tertiary/aromatic N) is 1. The average Bonchev–Trinajstić information content (AvgIpc) is 2.82. The lowest BCUT2D eigenvalue weighted by Crippen LogP contribution is -2.30. The largest absolute Gasteiger partial charge is 0.490 e. The maximum Gasteiger partial charge on any atom is 0.341 e. The maximum absolute atomic E-state index is 12.4. The molecular weight excluding hydrogens is 446 g/mol. The molecule has 11 heteroatoms. The van der Waals surface area contributed by atoms with E-state index in [0.29, 0.717) is 37.7 Å². The number of ether oxygens (including phenoxy) is 3. The molecule has 0 aliphatic heterocycles. The number of hydrogen-bond donors (Lipinski definition) is 3. The van der Waals surface area contributed by atoms with Gasteiger partial charge in [-0.3, -0.25) is 14.9 Å². The lowest BCUT2D eigenvalue weighted by molar-refractivity contribution is -0.384. The van der Waals surface area contributed by atoms with Gasteiger partial charge in [-0.1, -0.05) is 6.07 Å². The summed E-state index contributed by atoms with van der Waals surface area (Å²) >= 11 is 0. The van der Waals surface area contributed by atoms with Crippen molar-refractivity contribution >= 4 is 23.3 Å². The van der Waals surface area contributed by atoms with Gasteiger partial charge >= 0.3 is 5.97 Å². The van der Waals surface area contributed by atoms with E-state index in [4.69, 9.17) is 19.3 Å². The number of aliphatic hydroxyl groups excluding tert-OH is 1. The van der Waals surface area contributed by atoms with Crippen molar-refractivity contribution in [3.8, 4) is 11.5 Å². The number of anilines is 1. The minimum atomic E-state index is -0.896. The summed E-state index contributed by atoms with van der Waals surface area (Å²) in [6, 6.07) is 9.17. The van der Waals surface area contributed by atoms with E-state index in [1.807, 2.05) is 32.0 Å². The highest BCUT2D eigenvalue weighted by molar-refractivity contribution is 5.97. The van der Waals surface area contributed by atoms with E-state index < -0.39 is 23.4 Å². The van der Waals surface area contributed by atoms with E-state index in [1.165, 1.54) is 12.1 Å². The van der Waals surface area contributed by atoms with Crippen LogP contribution >= 0.6 is 0 Å². The Hall–Kier alpha value is -3.86. The lowest BCUT2D eigenvalue weighted by Gasteiger charge is -2.13. The molecule has 0 saturated heterocycles. The van der Waals surface area contributed by atoms with Crippen molar-refractivity contribution in [2.75, 3.05) is 44.8 Å². The predicted molar refractivity (Wildman–Crippen MR) is 124 cm³/mol. The van der Waals surface area contributed by atoms with E-state index >= 15 is 0 Å². The Morgan fingerprint density at radius 2 is 1.76 bits per heavy atom. The van der Waals surface area contributed by atoms with E-state index in [0.717, 1.165) is 11.6 Å². The number of amides is 1. The van der Waals surface area contributed by atoms with Crippen LogP contribution in [0.3, 0.4) is 0 Å². The van der Waals surface area contributed by atoms with Crippen LogP contribution in [0.5, 0.6) is 11.5 Å². The van der Waals surface area contributed by atoms with Gasteiger partial charge in [-0.2, -0.15) is 0 Å². The van der Waals surface area contributed by atoms with Gasteiger partial charge in [-0.15, -0.1) is 0 Å². The minimum absolute atomic E-state index is 0.103. The lowest BCUT2D eigenvalue weighted by atomic mass is 10.1. The monoisotopic (exact) mass is 475 g/mol. The third-order valence-corrected chi connectivity index (χ3v) is 4.54. The Kier molecular flexibility index (Phi) is 10.6. The molecule has 0 atom stereocenters. The topological polar surface area (TPSA) is 149 Å². The Labute approximate surface area is 197 Å². The summed E-state index contributed by atoms with van der Waals surface area (Å²) in [4.78, 5) is 34.9. The fourth-order valence-electron chi connectivity index (χ4n) is 3.02. The molecule has 0 saturated carbocycles. The van der Waals surface area contributed by atoms with Gasteiger partial charge < -0.3 is 30.0 Å². The molecule has 0 fully saturated rings. The van der Waals surface area contributed by atoms with Crippen molar-refractivity contribution in [2.45, 2.75) is 20.3 Å². The molecule has 1 amide bonds. The van der Waals surface area contributed by atoms with Crippen molar-refractivity contribution in [3.63, 3.8) is 0 Å². The Bertz CT molecular complexity index is 996. The van der Waals surface area contributed by atoms with Crippen LogP contribution in [0.2, 0.25) is 0 Å². The zero-order valence-electron chi connectivity index (χ0n) is 19.2. The number of esters is 1. The second kappa shape index (κ2) is 13.6. The smallest absolute Gasteiger partial charge is 0.341 e. The zero-order chi connectivity index (χ0) is 24.9. The summed E-state index contributed by atoms with van der Waals surface area (Å²) < 4.78 is 16.2. The molecule has 0 aliphatic carbocycles. The first kappa shape index (κ1) is 26.4. The van der Waals surface area contributed by atoms with Crippen LogP contribution in [0.15, 0.2) is 36.4 Å². The first-order valence-corrected chi connectivity index (χ1v) is 10.8. The molecule has 0 unspecified atom stereocenters. The van der Waals surface area contributed by atoms with E-state index in [1.54, 1.807) is 0 Å². The second-order valence-corrected chi connectivity index (χ2v) is 6.96. The van der Waals surface area contributed by atoms with Crippen LogP contribution < -0.4 is 20.1 Å². The number of rotatable bonds is 14. The fraction of sp³-hybridized carbons (Fsp3) is 0.391. The molecule has 2 rings (SSSR count). The van der Waals surface area contributed by atoms with Crippen LogP contribution in [-0.2, 0) is 16.0 Å². The molecule has 34 heavy (non-hydrogen) atoms. The van der Waals surface area contributed by atoms with Gasteiger partial charge in [0.25, 0.3) is 11.6 Å². The maximum atomic E-state index is 12.4. The fourth-order valence-corrected chi connectivity index (χ4v) is 3.02. The number of carbonyl (C=O) groups is 2. The van der Waals surface area contributed by atoms with E-state index in [-0.39, 0.29) is 30.1 Å². The van der Waals surface area contributed by atoms with Crippen LogP contribution in [0, 0.1) is 10.1 Å². The third-order valence-electron chi connectivity index (χ3n) is 4.54. The normalized spacial score (nSPS) is 10.3. The molecule has 0 radical (unpaired) electrons. The minimum Gasteiger partial charge on any atom is -0.490 e.